The second-order valence-corrected chi connectivity index (χ2v) is 10.8. The average Bonchev–Trinajstić information content (AvgIpc) is 3.77. The number of anilines is 1. The van der Waals surface area contributed by atoms with Crippen LogP contribution in [0.3, 0.4) is 0 Å². The van der Waals surface area contributed by atoms with E-state index in [1.165, 1.54) is 6.33 Å². The molecule has 2 bridgehead atoms. The van der Waals surface area contributed by atoms with Crippen molar-refractivity contribution in [3.63, 3.8) is 0 Å². The summed E-state index contributed by atoms with van der Waals surface area (Å²) in [6.45, 7) is 0.323. The molecule has 2 aliphatic rings. The number of nitrogens with zero attached hydrogens (tertiary/aromatic N) is 7. The molecular weight excluding hydrogens is 534 g/mol. The van der Waals surface area contributed by atoms with Crippen molar-refractivity contribution >= 4 is 17.4 Å². The lowest BCUT2D eigenvalue weighted by atomic mass is 9.86. The maximum absolute atomic E-state index is 13.2. The molecule has 3 atom stereocenters. The first-order chi connectivity index (χ1) is 20.6. The van der Waals surface area contributed by atoms with Gasteiger partial charge < -0.3 is 20.1 Å². The van der Waals surface area contributed by atoms with E-state index in [-0.39, 0.29) is 29.7 Å². The minimum absolute atomic E-state index is 0.0952. The molecule has 1 unspecified atom stereocenters. The maximum atomic E-state index is 13.2. The molecule has 3 N–H and O–H groups in total. The summed E-state index contributed by atoms with van der Waals surface area (Å²) in [5.74, 6) is 1.62. The molecule has 1 amide bonds. The predicted octanol–water partition coefficient (Wildman–Crippen LogP) is 3.86. The van der Waals surface area contributed by atoms with Gasteiger partial charge in [-0.2, -0.15) is 14.7 Å². The number of aromatic nitrogens is 7. The number of benzene rings is 1. The Bertz CT molecular complexity index is 1720. The lowest BCUT2D eigenvalue weighted by Gasteiger charge is -2.38. The van der Waals surface area contributed by atoms with Gasteiger partial charge in [0.25, 0.3) is 5.91 Å². The first kappa shape index (κ1) is 26.1. The second-order valence-electron chi connectivity index (χ2n) is 10.8. The summed E-state index contributed by atoms with van der Waals surface area (Å²) in [5, 5.41) is 11.2. The van der Waals surface area contributed by atoms with Crippen molar-refractivity contribution in [1.82, 2.24) is 39.7 Å². The number of ether oxygens (including phenoxy) is 2. The van der Waals surface area contributed by atoms with Crippen molar-refractivity contribution in [2.75, 3.05) is 20.0 Å². The van der Waals surface area contributed by atoms with Crippen LogP contribution in [0.4, 0.5) is 5.82 Å². The summed E-state index contributed by atoms with van der Waals surface area (Å²) in [4.78, 5) is 29.2. The van der Waals surface area contributed by atoms with E-state index in [1.54, 1.807) is 24.9 Å². The molecule has 12 heteroatoms. The Balaban J connectivity index is 1.22. The quantitative estimate of drug-likeness (QED) is 0.300. The Morgan fingerprint density at radius 2 is 1.79 bits per heavy atom. The third kappa shape index (κ3) is 4.35. The summed E-state index contributed by atoms with van der Waals surface area (Å²) >= 11 is 0. The van der Waals surface area contributed by atoms with Crippen molar-refractivity contribution in [2.24, 2.45) is 0 Å². The van der Waals surface area contributed by atoms with Crippen LogP contribution in [-0.4, -0.2) is 71.9 Å². The van der Waals surface area contributed by atoms with E-state index in [0.29, 0.717) is 18.1 Å². The smallest absolute Gasteiger partial charge is 0.291 e. The number of amides is 1. The van der Waals surface area contributed by atoms with Gasteiger partial charge in [0.2, 0.25) is 5.82 Å². The highest BCUT2D eigenvalue weighted by Crippen LogP contribution is 2.45. The highest BCUT2D eigenvalue weighted by atomic mass is 16.5. The van der Waals surface area contributed by atoms with E-state index in [9.17, 15) is 4.79 Å². The van der Waals surface area contributed by atoms with E-state index in [4.69, 9.17) is 25.2 Å². The molecule has 0 spiro atoms. The fourth-order valence-electron chi connectivity index (χ4n) is 6.55. The van der Waals surface area contributed by atoms with Gasteiger partial charge >= 0.3 is 0 Å². The Hall–Kier alpha value is -4.84. The Morgan fingerprint density at radius 3 is 2.43 bits per heavy atom. The Kier molecular flexibility index (Phi) is 6.54. The molecule has 7 rings (SSSR count). The number of nitrogens with one attached hydrogen (secondary N) is 1. The van der Waals surface area contributed by atoms with E-state index >= 15 is 0 Å². The zero-order valence-corrected chi connectivity index (χ0v) is 23.4. The van der Waals surface area contributed by atoms with Gasteiger partial charge in [0, 0.05) is 53.6 Å². The Labute approximate surface area is 241 Å². The van der Waals surface area contributed by atoms with Crippen molar-refractivity contribution in [3.8, 4) is 28.1 Å². The van der Waals surface area contributed by atoms with Crippen molar-refractivity contribution in [3.05, 3.63) is 72.2 Å². The summed E-state index contributed by atoms with van der Waals surface area (Å²) in [7, 11) is 3.30. The number of aromatic amines is 1. The molecule has 6 heterocycles. The molecule has 12 nitrogen and oxygen atoms in total. The molecule has 0 saturated carbocycles. The van der Waals surface area contributed by atoms with Gasteiger partial charge in [-0.1, -0.05) is 6.07 Å². The van der Waals surface area contributed by atoms with Crippen LogP contribution in [0.1, 0.15) is 53.5 Å². The number of methoxy groups -OCH3 is 2. The van der Waals surface area contributed by atoms with Crippen LogP contribution >= 0.6 is 0 Å². The van der Waals surface area contributed by atoms with Crippen LogP contribution in [0, 0.1) is 0 Å². The highest BCUT2D eigenvalue weighted by molar-refractivity contribution is 5.91. The number of nitrogen functional groups attached to an aromatic ring is 1. The maximum Gasteiger partial charge on any atom is 0.291 e. The molecule has 2 saturated heterocycles. The lowest BCUT2D eigenvalue weighted by Crippen LogP contribution is -2.46. The van der Waals surface area contributed by atoms with Crippen LogP contribution in [0.15, 0.2) is 55.1 Å². The minimum atomic E-state index is -0.0952. The highest BCUT2D eigenvalue weighted by Gasteiger charge is 2.45. The van der Waals surface area contributed by atoms with Crippen LogP contribution in [0.2, 0.25) is 0 Å². The SMILES string of the molecule is COCc1c(C2C[C@H]3CC[C@@H](C2)N3C(=O)c2ncn[nH]2)nc2c(-c3ccc(-c4ccc(OC)cc4)nc3)cnn2c1N. The van der Waals surface area contributed by atoms with Gasteiger partial charge in [-0.25, -0.2) is 9.97 Å². The van der Waals surface area contributed by atoms with Crippen LogP contribution < -0.4 is 10.5 Å². The summed E-state index contributed by atoms with van der Waals surface area (Å²) < 4.78 is 12.5. The fraction of sp³-hybridized carbons (Fsp3) is 0.333. The van der Waals surface area contributed by atoms with Gasteiger partial charge in [-0.3, -0.25) is 14.9 Å². The van der Waals surface area contributed by atoms with Gasteiger partial charge in [-0.15, -0.1) is 0 Å². The minimum Gasteiger partial charge on any atom is -0.497 e. The van der Waals surface area contributed by atoms with E-state index < -0.39 is 0 Å². The number of hydrogen-bond acceptors (Lipinski definition) is 9. The molecule has 4 aromatic heterocycles. The monoisotopic (exact) mass is 565 g/mol. The second kappa shape index (κ2) is 10.5. The molecule has 0 aliphatic carbocycles. The Morgan fingerprint density at radius 1 is 1.02 bits per heavy atom. The third-order valence-electron chi connectivity index (χ3n) is 8.54. The van der Waals surface area contributed by atoms with Crippen molar-refractivity contribution in [1.29, 1.82) is 0 Å². The van der Waals surface area contributed by atoms with E-state index in [2.05, 4.69) is 20.3 Å². The summed E-state index contributed by atoms with van der Waals surface area (Å²) in [6, 6.07) is 12.0. The van der Waals surface area contributed by atoms with E-state index in [0.717, 1.165) is 65.1 Å². The lowest BCUT2D eigenvalue weighted by molar-refractivity contribution is 0.0556. The topological polar surface area (TPSA) is 149 Å². The molecule has 5 aromatic rings. The van der Waals surface area contributed by atoms with Crippen LogP contribution in [0.5, 0.6) is 5.75 Å². The number of piperidine rings is 1. The van der Waals surface area contributed by atoms with Crippen LogP contribution in [-0.2, 0) is 11.3 Å². The number of rotatable bonds is 7. The number of fused-ring (bicyclic) bond motifs is 3. The molecule has 214 valence electrons. The van der Waals surface area contributed by atoms with Crippen molar-refractivity contribution < 1.29 is 14.3 Å². The molecular formula is C30H31N9O3. The van der Waals surface area contributed by atoms with Crippen molar-refractivity contribution in [2.45, 2.75) is 50.3 Å². The summed E-state index contributed by atoms with van der Waals surface area (Å²) in [5.41, 5.74) is 12.8. The zero-order chi connectivity index (χ0) is 28.8. The predicted molar refractivity (Wildman–Crippen MR) is 155 cm³/mol. The number of nitrogens with two attached hydrogens (primary N) is 1. The van der Waals surface area contributed by atoms with Gasteiger partial charge in [-0.05, 0) is 56.0 Å². The first-order valence-corrected chi connectivity index (χ1v) is 14.0. The number of H-pyrrole nitrogens is 1. The molecule has 42 heavy (non-hydrogen) atoms. The fourth-order valence-corrected chi connectivity index (χ4v) is 6.55. The number of hydrogen-bond donors (Lipinski definition) is 2. The molecule has 2 fully saturated rings. The zero-order valence-electron chi connectivity index (χ0n) is 23.4. The normalized spacial score (nSPS) is 19.9. The number of pyridine rings is 1. The standard InChI is InChI=1S/C30H31N9O3/c1-41-15-24-26(19-11-20-6-7-21(12-19)38(20)30(40)28-33-16-34-37-28)36-29-23(14-35-39(29)27(24)31)18-5-10-25(32-13-18)17-3-8-22(42-2)9-4-17/h3-5,8-10,13-14,16,19-21H,6-7,11-12,15,31H2,1-2H3,(H,33,34,37)/t19?,20-,21+. The van der Waals surface area contributed by atoms with Gasteiger partial charge in [0.05, 0.1) is 31.3 Å². The van der Waals surface area contributed by atoms with Gasteiger partial charge in [0.1, 0.15) is 17.9 Å². The number of carbonyl (C=O) groups is 1. The van der Waals surface area contributed by atoms with Gasteiger partial charge in [0.15, 0.2) is 5.65 Å². The summed E-state index contributed by atoms with van der Waals surface area (Å²) in [6.07, 6.45) is 8.46. The number of carbonyl (C=O) groups excluding carboxylic acids is 1. The molecule has 0 radical (unpaired) electrons. The van der Waals surface area contributed by atoms with Crippen LogP contribution in [0.25, 0.3) is 28.0 Å². The average molecular weight is 566 g/mol. The molecule has 2 aliphatic heterocycles. The first-order valence-electron chi connectivity index (χ1n) is 14.0. The molecule has 1 aromatic carbocycles. The largest absolute Gasteiger partial charge is 0.497 e. The van der Waals surface area contributed by atoms with E-state index in [1.807, 2.05) is 47.5 Å². The third-order valence-corrected chi connectivity index (χ3v) is 8.54.